The van der Waals surface area contributed by atoms with Crippen LogP contribution in [0.2, 0.25) is 0 Å². The number of carboxylic acids is 1. The van der Waals surface area contributed by atoms with Crippen LogP contribution in [0.25, 0.3) is 0 Å². The number of hydrogen-bond acceptors (Lipinski definition) is 4. The molecule has 0 saturated heterocycles. The summed E-state index contributed by atoms with van der Waals surface area (Å²) in [6.07, 6.45) is 1.86. The molecule has 1 atom stereocenters. The Bertz CT molecular complexity index is 603. The molecule has 112 valence electrons. The Morgan fingerprint density at radius 3 is 2.60 bits per heavy atom. The average molecular weight is 321 g/mol. The molecule has 0 spiro atoms. The van der Waals surface area contributed by atoms with Crippen molar-refractivity contribution in [2.24, 2.45) is 0 Å². The highest BCUT2D eigenvalue weighted by Crippen LogP contribution is 2.20. The topological polar surface area (TPSA) is 74.7 Å². The Morgan fingerprint density at radius 1 is 1.50 bits per heavy atom. The van der Waals surface area contributed by atoms with Crippen LogP contribution >= 0.6 is 11.8 Å². The van der Waals surface area contributed by atoms with E-state index in [0.29, 0.717) is 5.75 Å². The molecule has 1 aromatic rings. The summed E-state index contributed by atoms with van der Waals surface area (Å²) >= 11 is 1.50. The third kappa shape index (κ3) is 3.50. The van der Waals surface area contributed by atoms with Crippen LogP contribution in [-0.4, -0.2) is 48.9 Å². The molecule has 8 heteroatoms. The lowest BCUT2D eigenvalue weighted by molar-refractivity contribution is 0.0691. The van der Waals surface area contributed by atoms with Crippen LogP contribution in [0.4, 0.5) is 4.39 Å². The van der Waals surface area contributed by atoms with Gasteiger partial charge in [0.1, 0.15) is 5.82 Å². The highest BCUT2D eigenvalue weighted by atomic mass is 32.2. The third-order valence-electron chi connectivity index (χ3n) is 2.87. The number of benzene rings is 1. The van der Waals surface area contributed by atoms with Crippen molar-refractivity contribution in [3.05, 3.63) is 29.6 Å². The molecule has 0 amide bonds. The van der Waals surface area contributed by atoms with E-state index in [1.165, 1.54) is 18.8 Å². The second-order valence-electron chi connectivity index (χ2n) is 4.27. The van der Waals surface area contributed by atoms with Crippen molar-refractivity contribution in [1.29, 1.82) is 0 Å². The van der Waals surface area contributed by atoms with Crippen LogP contribution < -0.4 is 0 Å². The van der Waals surface area contributed by atoms with E-state index >= 15 is 0 Å². The highest BCUT2D eigenvalue weighted by molar-refractivity contribution is 7.98. The molecular weight excluding hydrogens is 305 g/mol. The van der Waals surface area contributed by atoms with Gasteiger partial charge < -0.3 is 5.11 Å². The lowest BCUT2D eigenvalue weighted by atomic mass is 10.2. The molecule has 1 N–H and O–H groups in total. The number of sulfonamides is 1. The van der Waals surface area contributed by atoms with Gasteiger partial charge in [0.15, 0.2) is 0 Å². The number of hydrogen-bond donors (Lipinski definition) is 1. The maximum absolute atomic E-state index is 13.3. The van der Waals surface area contributed by atoms with Crippen LogP contribution in [0.3, 0.4) is 0 Å². The van der Waals surface area contributed by atoms with E-state index in [1.54, 1.807) is 6.92 Å². The molecule has 1 unspecified atom stereocenters. The van der Waals surface area contributed by atoms with Gasteiger partial charge in [0.05, 0.1) is 10.5 Å². The molecule has 1 aromatic carbocycles. The van der Waals surface area contributed by atoms with Crippen molar-refractivity contribution in [3.8, 4) is 0 Å². The second kappa shape index (κ2) is 6.55. The maximum Gasteiger partial charge on any atom is 0.338 e. The molecule has 0 fully saturated rings. The quantitative estimate of drug-likeness (QED) is 0.866. The van der Waals surface area contributed by atoms with Crippen molar-refractivity contribution in [2.45, 2.75) is 17.9 Å². The zero-order valence-corrected chi connectivity index (χ0v) is 13.0. The lowest BCUT2D eigenvalue weighted by Gasteiger charge is -2.23. The lowest BCUT2D eigenvalue weighted by Crippen LogP contribution is -2.36. The van der Waals surface area contributed by atoms with Crippen molar-refractivity contribution < 1.29 is 22.7 Å². The molecule has 1 rings (SSSR count). The Kier molecular flexibility index (Phi) is 5.55. The number of nitrogens with zero attached hydrogens (tertiary/aromatic N) is 1. The fraction of sp³-hybridized carbons (Fsp3) is 0.417. The smallest absolute Gasteiger partial charge is 0.338 e. The minimum Gasteiger partial charge on any atom is -0.478 e. The van der Waals surface area contributed by atoms with Gasteiger partial charge in [-0.2, -0.15) is 16.1 Å². The summed E-state index contributed by atoms with van der Waals surface area (Å²) in [7, 11) is -2.43. The third-order valence-corrected chi connectivity index (χ3v) is 5.66. The van der Waals surface area contributed by atoms with Gasteiger partial charge in [-0.15, -0.1) is 0 Å². The molecule has 0 aliphatic carbocycles. The maximum atomic E-state index is 13.3. The summed E-state index contributed by atoms with van der Waals surface area (Å²) in [5.74, 6) is -1.86. The summed E-state index contributed by atoms with van der Waals surface area (Å²) < 4.78 is 39.1. The summed E-state index contributed by atoms with van der Waals surface area (Å²) in [4.78, 5) is 10.6. The van der Waals surface area contributed by atoms with E-state index in [1.807, 2.05) is 6.26 Å². The number of rotatable bonds is 6. The van der Waals surface area contributed by atoms with Gasteiger partial charge in [-0.1, -0.05) is 0 Å². The van der Waals surface area contributed by atoms with E-state index in [2.05, 4.69) is 0 Å². The number of aromatic carboxylic acids is 1. The minimum absolute atomic E-state index is 0.230. The van der Waals surface area contributed by atoms with Gasteiger partial charge in [0.25, 0.3) is 0 Å². The van der Waals surface area contributed by atoms with Crippen LogP contribution in [-0.2, 0) is 10.0 Å². The summed E-state index contributed by atoms with van der Waals surface area (Å²) in [5, 5.41) is 8.84. The normalized spacial score (nSPS) is 13.4. The largest absolute Gasteiger partial charge is 0.478 e. The van der Waals surface area contributed by atoms with E-state index in [-0.39, 0.29) is 10.9 Å². The van der Waals surface area contributed by atoms with Crippen molar-refractivity contribution in [3.63, 3.8) is 0 Å². The first-order valence-electron chi connectivity index (χ1n) is 5.71. The molecule has 0 saturated carbocycles. The Labute approximate surface area is 121 Å². The first-order valence-corrected chi connectivity index (χ1v) is 8.55. The molecule has 5 nitrogen and oxygen atoms in total. The minimum atomic E-state index is -3.84. The van der Waals surface area contributed by atoms with Gasteiger partial charge in [-0.3, -0.25) is 0 Å². The van der Waals surface area contributed by atoms with Crippen LogP contribution in [0, 0.1) is 5.82 Å². The van der Waals surface area contributed by atoms with Gasteiger partial charge in [-0.05, 0) is 31.4 Å². The summed E-state index contributed by atoms with van der Waals surface area (Å²) in [5.41, 5.74) is -0.656. The molecule has 0 aromatic heterocycles. The van der Waals surface area contributed by atoms with Gasteiger partial charge in [0, 0.05) is 18.8 Å². The number of thioether (sulfide) groups is 1. The van der Waals surface area contributed by atoms with Crippen LogP contribution in [0.5, 0.6) is 0 Å². The molecule has 0 aliphatic heterocycles. The average Bonchev–Trinajstić information content (AvgIpc) is 2.37. The summed E-state index contributed by atoms with van der Waals surface area (Å²) in [6.45, 7) is 1.75. The number of carbonyl (C=O) groups is 1. The number of carboxylic acid groups (broad SMARTS) is 1. The van der Waals surface area contributed by atoms with Crippen LogP contribution in [0.1, 0.15) is 17.3 Å². The Balaban J connectivity index is 3.22. The van der Waals surface area contributed by atoms with Gasteiger partial charge in [-0.25, -0.2) is 17.6 Å². The molecular formula is C12H16FNO4S2. The SMILES string of the molecule is CSCC(C)N(C)S(=O)(=O)c1ccc(F)c(C(=O)O)c1. The predicted octanol–water partition coefficient (Wildman–Crippen LogP) is 1.90. The zero-order chi connectivity index (χ0) is 15.5. The first kappa shape index (κ1) is 16.9. The molecule has 0 bridgehead atoms. The van der Waals surface area contributed by atoms with E-state index in [9.17, 15) is 17.6 Å². The van der Waals surface area contributed by atoms with E-state index in [4.69, 9.17) is 5.11 Å². The first-order chi connectivity index (χ1) is 9.21. The zero-order valence-electron chi connectivity index (χ0n) is 11.3. The van der Waals surface area contributed by atoms with Gasteiger partial charge >= 0.3 is 5.97 Å². The predicted molar refractivity (Wildman–Crippen MR) is 76.2 cm³/mol. The van der Waals surface area contributed by atoms with Crippen molar-refractivity contribution >= 4 is 27.8 Å². The van der Waals surface area contributed by atoms with Crippen molar-refractivity contribution in [2.75, 3.05) is 19.1 Å². The molecule has 0 aliphatic rings. The molecule has 20 heavy (non-hydrogen) atoms. The van der Waals surface area contributed by atoms with Crippen molar-refractivity contribution in [1.82, 2.24) is 4.31 Å². The number of halogens is 1. The Morgan fingerprint density at radius 2 is 2.10 bits per heavy atom. The highest BCUT2D eigenvalue weighted by Gasteiger charge is 2.26. The monoisotopic (exact) mass is 321 g/mol. The fourth-order valence-corrected chi connectivity index (χ4v) is 3.77. The fourth-order valence-electron chi connectivity index (χ4n) is 1.58. The van der Waals surface area contributed by atoms with Crippen LogP contribution in [0.15, 0.2) is 23.1 Å². The van der Waals surface area contributed by atoms with Gasteiger partial charge in [0.2, 0.25) is 10.0 Å². The standard InChI is InChI=1S/C12H16FNO4S2/c1-8(7-19-3)14(2)20(17,18)9-4-5-11(13)10(6-9)12(15)16/h4-6,8H,7H2,1-3H3,(H,15,16). The second-order valence-corrected chi connectivity index (χ2v) is 7.18. The molecule has 0 radical (unpaired) electrons. The molecule has 0 heterocycles. The Hall–Kier alpha value is -1.12. The van der Waals surface area contributed by atoms with E-state index in [0.717, 1.165) is 22.5 Å². The summed E-state index contributed by atoms with van der Waals surface area (Å²) in [6, 6.07) is 2.51. The van der Waals surface area contributed by atoms with E-state index < -0.39 is 27.4 Å².